The van der Waals surface area contributed by atoms with E-state index >= 15 is 0 Å². The number of ether oxygens (including phenoxy) is 5. The van der Waals surface area contributed by atoms with Crippen molar-refractivity contribution in [3.8, 4) is 40.0 Å². The van der Waals surface area contributed by atoms with Gasteiger partial charge in [0.1, 0.15) is 5.82 Å². The van der Waals surface area contributed by atoms with Crippen molar-refractivity contribution in [1.82, 2.24) is 4.98 Å². The van der Waals surface area contributed by atoms with Crippen LogP contribution in [0.3, 0.4) is 0 Å². The molecule has 0 spiro atoms. The third kappa shape index (κ3) is 3.67. The van der Waals surface area contributed by atoms with Gasteiger partial charge in [0.25, 0.3) is 0 Å². The summed E-state index contributed by atoms with van der Waals surface area (Å²) in [6, 6.07) is 14.8. The largest absolute Gasteiger partial charge is 0.493 e. The van der Waals surface area contributed by atoms with Crippen LogP contribution < -0.4 is 29.0 Å². The van der Waals surface area contributed by atoms with Crippen LogP contribution >= 0.6 is 0 Å². The van der Waals surface area contributed by atoms with Gasteiger partial charge in [-0.15, -0.1) is 0 Å². The number of rotatable bonds is 7. The molecular weight excluding hydrogens is 424 g/mol. The summed E-state index contributed by atoms with van der Waals surface area (Å²) in [7, 11) is 4.69. The quantitative estimate of drug-likeness (QED) is 0.580. The zero-order chi connectivity index (χ0) is 23.0. The number of pyridine rings is 1. The number of hydrogen-bond donors (Lipinski definition) is 1. The van der Waals surface area contributed by atoms with Gasteiger partial charge in [0.15, 0.2) is 23.0 Å². The Morgan fingerprint density at radius 3 is 2.33 bits per heavy atom. The van der Waals surface area contributed by atoms with Crippen molar-refractivity contribution >= 4 is 11.7 Å². The highest BCUT2D eigenvalue weighted by Crippen LogP contribution is 2.51. The minimum atomic E-state index is -0.578. The van der Waals surface area contributed by atoms with Crippen molar-refractivity contribution in [2.24, 2.45) is 0 Å². The number of nitrogens with zero attached hydrogens (tertiary/aromatic N) is 1. The van der Waals surface area contributed by atoms with E-state index in [0.29, 0.717) is 40.3 Å². The highest BCUT2D eigenvalue weighted by Gasteiger charge is 2.51. The summed E-state index contributed by atoms with van der Waals surface area (Å²) in [5.74, 6) is 3.33. The van der Waals surface area contributed by atoms with Crippen molar-refractivity contribution in [1.29, 1.82) is 0 Å². The molecule has 0 atom stereocenters. The minimum Gasteiger partial charge on any atom is -0.493 e. The predicted octanol–water partition coefficient (Wildman–Crippen LogP) is 4.17. The molecule has 8 heteroatoms. The number of anilines is 1. The molecule has 2 heterocycles. The lowest BCUT2D eigenvalue weighted by Gasteiger charge is -2.17. The van der Waals surface area contributed by atoms with Crippen molar-refractivity contribution in [2.75, 3.05) is 33.4 Å². The Balaban J connectivity index is 1.41. The lowest BCUT2D eigenvalue weighted by molar-refractivity contribution is -0.118. The van der Waals surface area contributed by atoms with Gasteiger partial charge >= 0.3 is 0 Å². The fourth-order valence-electron chi connectivity index (χ4n) is 4.10. The van der Waals surface area contributed by atoms with Crippen LogP contribution in [0.15, 0.2) is 48.5 Å². The number of carbonyl (C=O) groups excluding carboxylic acids is 1. The number of aromatic nitrogens is 1. The normalized spacial score (nSPS) is 15.0. The predicted molar refractivity (Wildman–Crippen MR) is 121 cm³/mol. The number of hydrogen-bond acceptors (Lipinski definition) is 7. The molecule has 2 aliphatic rings. The van der Waals surface area contributed by atoms with Gasteiger partial charge in [0, 0.05) is 5.56 Å². The number of benzene rings is 2. The Labute approximate surface area is 191 Å². The maximum Gasteiger partial charge on any atom is 0.236 e. The maximum absolute atomic E-state index is 13.2. The molecule has 3 aromatic rings. The molecule has 0 saturated heterocycles. The molecule has 1 amide bonds. The molecule has 1 aliphatic carbocycles. The molecule has 0 radical (unpaired) electrons. The van der Waals surface area contributed by atoms with Gasteiger partial charge in [0.2, 0.25) is 18.4 Å². The first-order valence-electron chi connectivity index (χ1n) is 10.6. The van der Waals surface area contributed by atoms with Crippen LogP contribution in [0.1, 0.15) is 18.4 Å². The Kier molecular flexibility index (Phi) is 5.20. The number of nitrogens with one attached hydrogen (secondary N) is 1. The van der Waals surface area contributed by atoms with Gasteiger partial charge < -0.3 is 29.0 Å². The molecule has 1 fully saturated rings. The second-order valence-corrected chi connectivity index (χ2v) is 7.93. The number of methoxy groups -OCH3 is 3. The van der Waals surface area contributed by atoms with Crippen LogP contribution in [0.4, 0.5) is 5.82 Å². The second kappa shape index (κ2) is 8.20. The average molecular weight is 448 g/mol. The van der Waals surface area contributed by atoms with E-state index in [4.69, 9.17) is 23.7 Å². The summed E-state index contributed by atoms with van der Waals surface area (Å²) in [4.78, 5) is 17.9. The summed E-state index contributed by atoms with van der Waals surface area (Å²) in [6.45, 7) is 0.204. The fraction of sp³-hybridized carbons (Fsp3) is 0.280. The zero-order valence-corrected chi connectivity index (χ0v) is 18.6. The molecule has 0 bridgehead atoms. The first-order valence-corrected chi connectivity index (χ1v) is 10.6. The minimum absolute atomic E-state index is 0.0871. The standard InChI is InChI=1S/C25H24N2O6/c1-29-20-11-15(12-21(30-2)23(20)31-3)17-5-4-6-22(26-17)27-24(28)25(9-10-25)16-7-8-18-19(13-16)33-14-32-18/h4-8,11-13H,9-10,14H2,1-3H3,(H,26,27,28). The lowest BCUT2D eigenvalue weighted by atomic mass is 9.94. The molecule has 33 heavy (non-hydrogen) atoms. The van der Waals surface area contributed by atoms with Crippen molar-refractivity contribution in [3.63, 3.8) is 0 Å². The van der Waals surface area contributed by atoms with E-state index in [-0.39, 0.29) is 12.7 Å². The fourth-order valence-corrected chi connectivity index (χ4v) is 4.10. The SMILES string of the molecule is COc1cc(-c2cccc(NC(=O)C3(c4ccc5c(c4)OCO5)CC3)n2)cc(OC)c1OC. The molecule has 2 aromatic carbocycles. The number of carbonyl (C=O) groups is 1. The molecule has 8 nitrogen and oxygen atoms in total. The van der Waals surface area contributed by atoms with E-state index < -0.39 is 5.41 Å². The highest BCUT2D eigenvalue weighted by atomic mass is 16.7. The smallest absolute Gasteiger partial charge is 0.236 e. The van der Waals surface area contributed by atoms with Gasteiger partial charge in [-0.1, -0.05) is 12.1 Å². The van der Waals surface area contributed by atoms with Crippen LogP contribution in [-0.2, 0) is 10.2 Å². The zero-order valence-electron chi connectivity index (χ0n) is 18.6. The molecule has 5 rings (SSSR count). The van der Waals surface area contributed by atoms with Crippen molar-refractivity contribution < 1.29 is 28.5 Å². The topological polar surface area (TPSA) is 88.1 Å². The Morgan fingerprint density at radius 2 is 1.67 bits per heavy atom. The molecule has 1 aliphatic heterocycles. The van der Waals surface area contributed by atoms with Crippen LogP contribution in [-0.4, -0.2) is 39.0 Å². The number of amides is 1. The first kappa shape index (κ1) is 20.9. The summed E-state index contributed by atoms with van der Waals surface area (Å²) >= 11 is 0. The third-order valence-corrected chi connectivity index (χ3v) is 6.06. The monoisotopic (exact) mass is 448 g/mol. The average Bonchev–Trinajstić information content (AvgIpc) is 3.54. The van der Waals surface area contributed by atoms with E-state index in [9.17, 15) is 4.79 Å². The van der Waals surface area contributed by atoms with Gasteiger partial charge in [-0.05, 0) is 54.8 Å². The molecular formula is C25H24N2O6. The molecule has 1 aromatic heterocycles. The van der Waals surface area contributed by atoms with Gasteiger partial charge in [-0.2, -0.15) is 0 Å². The summed E-state index contributed by atoms with van der Waals surface area (Å²) in [5, 5.41) is 2.99. The first-order chi connectivity index (χ1) is 16.1. The summed E-state index contributed by atoms with van der Waals surface area (Å²) in [6.07, 6.45) is 1.54. The molecule has 0 unspecified atom stereocenters. The Morgan fingerprint density at radius 1 is 0.939 bits per heavy atom. The van der Waals surface area contributed by atoms with Gasteiger partial charge in [-0.3, -0.25) is 4.79 Å². The van der Waals surface area contributed by atoms with Crippen LogP contribution in [0.25, 0.3) is 11.3 Å². The van der Waals surface area contributed by atoms with Crippen LogP contribution in [0.5, 0.6) is 28.7 Å². The van der Waals surface area contributed by atoms with E-state index in [2.05, 4.69) is 10.3 Å². The van der Waals surface area contributed by atoms with Crippen molar-refractivity contribution in [2.45, 2.75) is 18.3 Å². The number of fused-ring (bicyclic) bond motifs is 1. The van der Waals surface area contributed by atoms with E-state index in [0.717, 1.165) is 24.0 Å². The van der Waals surface area contributed by atoms with Gasteiger partial charge in [0.05, 0.1) is 32.4 Å². The lowest BCUT2D eigenvalue weighted by Crippen LogP contribution is -2.28. The van der Waals surface area contributed by atoms with E-state index in [1.807, 2.05) is 42.5 Å². The highest BCUT2D eigenvalue weighted by molar-refractivity contribution is 6.01. The maximum atomic E-state index is 13.2. The molecule has 1 N–H and O–H groups in total. The van der Waals surface area contributed by atoms with Crippen LogP contribution in [0, 0.1) is 0 Å². The Bertz CT molecular complexity index is 1200. The van der Waals surface area contributed by atoms with Gasteiger partial charge in [-0.25, -0.2) is 4.98 Å². The van der Waals surface area contributed by atoms with E-state index in [1.54, 1.807) is 27.4 Å². The third-order valence-electron chi connectivity index (χ3n) is 6.06. The second-order valence-electron chi connectivity index (χ2n) is 7.93. The van der Waals surface area contributed by atoms with Crippen LogP contribution in [0.2, 0.25) is 0 Å². The molecule has 1 saturated carbocycles. The summed E-state index contributed by atoms with van der Waals surface area (Å²) < 4.78 is 27.2. The van der Waals surface area contributed by atoms with E-state index in [1.165, 1.54) is 0 Å². The Hall–Kier alpha value is -3.94. The summed E-state index contributed by atoms with van der Waals surface area (Å²) in [5.41, 5.74) is 1.79. The molecule has 170 valence electrons. The van der Waals surface area contributed by atoms with Crippen molar-refractivity contribution in [3.05, 3.63) is 54.1 Å².